The molecule has 0 spiro atoms. The Bertz CT molecular complexity index is 403. The minimum absolute atomic E-state index is 0.346. The first-order valence-corrected chi connectivity index (χ1v) is 7.05. The van der Waals surface area contributed by atoms with Crippen molar-refractivity contribution in [2.45, 2.75) is 12.5 Å². The molecule has 0 aliphatic carbocycles. The molecule has 0 radical (unpaired) electrons. The number of nitrogens with two attached hydrogens (primary N) is 1. The highest BCUT2D eigenvalue weighted by Crippen LogP contribution is 2.27. The van der Waals surface area contributed by atoms with Crippen LogP contribution in [0.4, 0.5) is 5.69 Å². The first-order valence-electron chi connectivity index (χ1n) is 5.11. The molecule has 1 aromatic rings. The Morgan fingerprint density at radius 1 is 1.56 bits per heavy atom. The Kier molecular flexibility index (Phi) is 3.95. The van der Waals surface area contributed by atoms with Gasteiger partial charge in [-0.25, -0.2) is 0 Å². The second-order valence-corrected chi connectivity index (χ2v) is 5.73. The van der Waals surface area contributed by atoms with Gasteiger partial charge in [-0.1, -0.05) is 29.9 Å². The monoisotopic (exact) mass is 272 g/mol. The zero-order chi connectivity index (χ0) is 11.5. The molecule has 1 heterocycles. The molecule has 1 atom stereocenters. The molecule has 1 fully saturated rings. The lowest BCUT2D eigenvalue weighted by molar-refractivity contribution is 0.813. The van der Waals surface area contributed by atoms with Crippen LogP contribution in [0.15, 0.2) is 18.2 Å². The van der Waals surface area contributed by atoms with Crippen LogP contribution < -0.4 is 11.1 Å². The fourth-order valence-corrected chi connectivity index (χ4v) is 3.47. The molecule has 1 aromatic carbocycles. The highest BCUT2D eigenvalue weighted by atomic mass is 35.5. The van der Waals surface area contributed by atoms with Crippen molar-refractivity contribution in [2.75, 3.05) is 16.8 Å². The lowest BCUT2D eigenvalue weighted by atomic mass is 10.1. The van der Waals surface area contributed by atoms with E-state index in [0.29, 0.717) is 16.1 Å². The van der Waals surface area contributed by atoms with Crippen LogP contribution in [0.3, 0.4) is 0 Å². The van der Waals surface area contributed by atoms with Gasteiger partial charge in [-0.3, -0.25) is 0 Å². The Morgan fingerprint density at radius 3 is 3.00 bits per heavy atom. The van der Waals surface area contributed by atoms with Gasteiger partial charge in [0, 0.05) is 17.5 Å². The van der Waals surface area contributed by atoms with Crippen molar-refractivity contribution in [3.05, 3.63) is 28.8 Å². The van der Waals surface area contributed by atoms with E-state index in [2.05, 4.69) is 5.32 Å². The number of thioether (sulfide) groups is 1. The van der Waals surface area contributed by atoms with E-state index in [4.69, 9.17) is 29.6 Å². The van der Waals surface area contributed by atoms with E-state index in [-0.39, 0.29) is 0 Å². The maximum absolute atomic E-state index is 6.10. The lowest BCUT2D eigenvalue weighted by Gasteiger charge is -2.16. The van der Waals surface area contributed by atoms with Gasteiger partial charge in [0.15, 0.2) is 0 Å². The number of rotatable bonds is 3. The van der Waals surface area contributed by atoms with Gasteiger partial charge in [-0.15, -0.1) is 0 Å². The summed E-state index contributed by atoms with van der Waals surface area (Å²) in [6.07, 6.45) is 1.17. The van der Waals surface area contributed by atoms with Crippen LogP contribution in [-0.2, 0) is 0 Å². The molecule has 0 amide bonds. The van der Waals surface area contributed by atoms with E-state index in [1.54, 1.807) is 0 Å². The number of halogens is 1. The standard InChI is InChI=1S/C11H13ClN2S2/c12-8-2-1-3-9(10(8)11(13)15)14-7-4-5-16-6-7/h1-3,7,14H,4-6H2,(H2,13,15). The largest absolute Gasteiger partial charge is 0.389 e. The van der Waals surface area contributed by atoms with E-state index in [9.17, 15) is 0 Å². The van der Waals surface area contributed by atoms with Gasteiger partial charge < -0.3 is 11.1 Å². The van der Waals surface area contributed by atoms with Crippen LogP contribution in [0.1, 0.15) is 12.0 Å². The summed E-state index contributed by atoms with van der Waals surface area (Å²) in [5.74, 6) is 2.34. The van der Waals surface area contributed by atoms with Crippen molar-refractivity contribution >= 4 is 46.3 Å². The molecule has 5 heteroatoms. The predicted molar refractivity (Wildman–Crippen MR) is 76.7 cm³/mol. The molecule has 1 unspecified atom stereocenters. The molecule has 0 saturated carbocycles. The fourth-order valence-electron chi connectivity index (χ4n) is 1.76. The zero-order valence-electron chi connectivity index (χ0n) is 8.70. The van der Waals surface area contributed by atoms with Crippen molar-refractivity contribution in [1.82, 2.24) is 0 Å². The number of thiocarbonyl (C=S) groups is 1. The molecular weight excluding hydrogens is 260 g/mol. The third kappa shape index (κ3) is 2.62. The first-order chi connectivity index (χ1) is 7.68. The Morgan fingerprint density at radius 2 is 2.38 bits per heavy atom. The Labute approximate surface area is 110 Å². The van der Waals surface area contributed by atoms with Crippen LogP contribution in [-0.4, -0.2) is 22.5 Å². The Balaban J connectivity index is 2.25. The normalized spacial score (nSPS) is 19.7. The van der Waals surface area contributed by atoms with E-state index in [1.165, 1.54) is 12.2 Å². The van der Waals surface area contributed by atoms with E-state index in [1.807, 2.05) is 30.0 Å². The molecule has 1 aliphatic heterocycles. The van der Waals surface area contributed by atoms with Crippen LogP contribution in [0.2, 0.25) is 5.02 Å². The summed E-state index contributed by atoms with van der Waals surface area (Å²) < 4.78 is 0. The quantitative estimate of drug-likeness (QED) is 0.830. The topological polar surface area (TPSA) is 38.0 Å². The average Bonchev–Trinajstić information content (AvgIpc) is 2.70. The summed E-state index contributed by atoms with van der Waals surface area (Å²) in [7, 11) is 0. The summed E-state index contributed by atoms with van der Waals surface area (Å²) in [6, 6.07) is 6.19. The number of nitrogens with one attached hydrogen (secondary N) is 1. The summed E-state index contributed by atoms with van der Waals surface area (Å²) in [6.45, 7) is 0. The van der Waals surface area contributed by atoms with Crippen molar-refractivity contribution in [3.8, 4) is 0 Å². The summed E-state index contributed by atoms with van der Waals surface area (Å²) in [4.78, 5) is 0.346. The van der Waals surface area contributed by atoms with Crippen molar-refractivity contribution in [1.29, 1.82) is 0 Å². The number of hydrogen-bond acceptors (Lipinski definition) is 3. The number of benzene rings is 1. The second kappa shape index (κ2) is 5.25. The third-order valence-electron chi connectivity index (χ3n) is 2.55. The third-order valence-corrected chi connectivity index (χ3v) is 4.23. The van der Waals surface area contributed by atoms with E-state index < -0.39 is 0 Å². The van der Waals surface area contributed by atoms with Crippen molar-refractivity contribution < 1.29 is 0 Å². The molecular formula is C11H13ClN2S2. The minimum atomic E-state index is 0.346. The second-order valence-electron chi connectivity index (χ2n) is 3.73. The van der Waals surface area contributed by atoms with Gasteiger partial charge in [0.05, 0.1) is 10.6 Å². The molecule has 3 N–H and O–H groups in total. The fraction of sp³-hybridized carbons (Fsp3) is 0.364. The molecule has 16 heavy (non-hydrogen) atoms. The molecule has 2 nitrogen and oxygen atoms in total. The van der Waals surface area contributed by atoms with Crippen LogP contribution >= 0.6 is 35.6 Å². The summed E-state index contributed by atoms with van der Waals surface area (Å²) in [5.41, 5.74) is 7.40. The first kappa shape index (κ1) is 12.0. The van der Waals surface area contributed by atoms with Gasteiger partial charge in [0.25, 0.3) is 0 Å². The van der Waals surface area contributed by atoms with E-state index >= 15 is 0 Å². The molecule has 0 aromatic heterocycles. The van der Waals surface area contributed by atoms with E-state index in [0.717, 1.165) is 17.0 Å². The number of hydrogen-bond donors (Lipinski definition) is 2. The number of anilines is 1. The lowest BCUT2D eigenvalue weighted by Crippen LogP contribution is -2.21. The predicted octanol–water partition coefficient (Wildman–Crippen LogP) is 2.89. The molecule has 0 bridgehead atoms. The van der Waals surface area contributed by atoms with Gasteiger partial charge >= 0.3 is 0 Å². The molecule has 1 saturated heterocycles. The van der Waals surface area contributed by atoms with Crippen LogP contribution in [0.25, 0.3) is 0 Å². The highest BCUT2D eigenvalue weighted by molar-refractivity contribution is 7.99. The average molecular weight is 273 g/mol. The zero-order valence-corrected chi connectivity index (χ0v) is 11.1. The SMILES string of the molecule is NC(=S)c1c(Cl)cccc1NC1CCSC1. The smallest absolute Gasteiger partial charge is 0.107 e. The van der Waals surface area contributed by atoms with Gasteiger partial charge in [0.2, 0.25) is 0 Å². The minimum Gasteiger partial charge on any atom is -0.389 e. The maximum atomic E-state index is 6.10. The van der Waals surface area contributed by atoms with Crippen molar-refractivity contribution in [2.24, 2.45) is 5.73 Å². The highest BCUT2D eigenvalue weighted by Gasteiger charge is 2.17. The van der Waals surface area contributed by atoms with Crippen LogP contribution in [0.5, 0.6) is 0 Å². The molecule has 86 valence electrons. The molecule has 1 aliphatic rings. The van der Waals surface area contributed by atoms with Crippen molar-refractivity contribution in [3.63, 3.8) is 0 Å². The van der Waals surface area contributed by atoms with Gasteiger partial charge in [-0.05, 0) is 24.3 Å². The summed E-state index contributed by atoms with van der Waals surface area (Å²) >= 11 is 13.1. The Hall–Kier alpha value is -0.450. The van der Waals surface area contributed by atoms with Gasteiger partial charge in [-0.2, -0.15) is 11.8 Å². The van der Waals surface area contributed by atoms with Crippen LogP contribution in [0, 0.1) is 0 Å². The maximum Gasteiger partial charge on any atom is 0.107 e. The van der Waals surface area contributed by atoms with Gasteiger partial charge in [0.1, 0.15) is 4.99 Å². The summed E-state index contributed by atoms with van der Waals surface area (Å²) in [5, 5.41) is 4.07. The molecule has 2 rings (SSSR count).